The molecule has 1 aromatic rings. The van der Waals surface area contributed by atoms with Gasteiger partial charge in [-0.05, 0) is 51.9 Å². The second kappa shape index (κ2) is 6.64. The van der Waals surface area contributed by atoms with Crippen molar-refractivity contribution < 1.29 is 17.7 Å². The Labute approximate surface area is 155 Å². The molecule has 2 atom stereocenters. The molecule has 0 radical (unpaired) electrons. The van der Waals surface area contributed by atoms with Gasteiger partial charge in [-0.2, -0.15) is 4.31 Å². The maximum Gasteiger partial charge on any atom is 0.248 e. The van der Waals surface area contributed by atoms with Gasteiger partial charge in [0, 0.05) is 26.2 Å². The van der Waals surface area contributed by atoms with Crippen molar-refractivity contribution in [2.24, 2.45) is 11.3 Å². The van der Waals surface area contributed by atoms with E-state index < -0.39 is 10.0 Å². The van der Waals surface area contributed by atoms with Gasteiger partial charge in [-0.1, -0.05) is 12.1 Å². The van der Waals surface area contributed by atoms with Gasteiger partial charge < -0.3 is 9.42 Å². The zero-order valence-electron chi connectivity index (χ0n) is 16.3. The molecule has 2 fully saturated rings. The van der Waals surface area contributed by atoms with E-state index in [9.17, 15) is 13.2 Å². The van der Waals surface area contributed by atoms with E-state index >= 15 is 0 Å². The number of amides is 1. The average Bonchev–Trinajstić information content (AvgIpc) is 3.27. The van der Waals surface area contributed by atoms with Crippen LogP contribution in [0.25, 0.3) is 0 Å². The van der Waals surface area contributed by atoms with Gasteiger partial charge in [0.25, 0.3) is 0 Å². The van der Waals surface area contributed by atoms with Crippen LogP contribution in [0.1, 0.15) is 51.0 Å². The van der Waals surface area contributed by atoms with Crippen molar-refractivity contribution in [3.05, 3.63) is 11.5 Å². The number of carbonyl (C=O) groups excluding carboxylic acids is 1. The van der Waals surface area contributed by atoms with Crippen LogP contribution in [-0.2, 0) is 14.8 Å². The summed E-state index contributed by atoms with van der Waals surface area (Å²) in [5.74, 6) is 0.0430. The highest BCUT2D eigenvalue weighted by atomic mass is 32.2. The van der Waals surface area contributed by atoms with Crippen LogP contribution in [0.5, 0.6) is 0 Å². The highest BCUT2D eigenvalue weighted by molar-refractivity contribution is 7.89. The Morgan fingerprint density at radius 1 is 1.38 bits per heavy atom. The maximum atomic E-state index is 13.0. The van der Waals surface area contributed by atoms with Crippen LogP contribution in [-0.4, -0.2) is 54.9 Å². The fraction of sp³-hybridized carbons (Fsp3) is 0.778. The van der Waals surface area contributed by atoms with Gasteiger partial charge in [-0.3, -0.25) is 4.79 Å². The van der Waals surface area contributed by atoms with Gasteiger partial charge in [-0.25, -0.2) is 8.42 Å². The van der Waals surface area contributed by atoms with E-state index in [1.807, 2.05) is 11.9 Å². The number of rotatable bonds is 5. The quantitative estimate of drug-likeness (QED) is 0.779. The second-order valence-corrected chi connectivity index (χ2v) is 10.0. The van der Waals surface area contributed by atoms with Crippen molar-refractivity contribution in [3.8, 4) is 0 Å². The maximum absolute atomic E-state index is 13.0. The number of piperidine rings is 1. The zero-order valence-corrected chi connectivity index (χ0v) is 17.1. The van der Waals surface area contributed by atoms with Crippen molar-refractivity contribution in [3.63, 3.8) is 0 Å². The van der Waals surface area contributed by atoms with Gasteiger partial charge >= 0.3 is 0 Å². The van der Waals surface area contributed by atoms with Crippen LogP contribution in [0.15, 0.2) is 9.42 Å². The van der Waals surface area contributed by atoms with Crippen LogP contribution < -0.4 is 0 Å². The molecule has 1 amide bonds. The molecule has 0 bridgehead atoms. The molecule has 146 valence electrons. The van der Waals surface area contributed by atoms with E-state index in [0.717, 1.165) is 19.3 Å². The lowest BCUT2D eigenvalue weighted by Crippen LogP contribution is -2.49. The fourth-order valence-electron chi connectivity index (χ4n) is 3.90. The first-order valence-corrected chi connectivity index (χ1v) is 10.7. The van der Waals surface area contributed by atoms with E-state index in [-0.39, 0.29) is 34.7 Å². The topological polar surface area (TPSA) is 83.7 Å². The largest absolute Gasteiger partial charge is 0.360 e. The Hall–Kier alpha value is -1.41. The minimum absolute atomic E-state index is 0.0456. The summed E-state index contributed by atoms with van der Waals surface area (Å²) in [6.07, 6.45) is 3.69. The Morgan fingerprint density at radius 2 is 2.04 bits per heavy atom. The third-order valence-electron chi connectivity index (χ3n) is 6.27. The average molecular weight is 384 g/mol. The first kappa shape index (κ1) is 19.4. The number of aromatic nitrogens is 1. The molecule has 0 aromatic carbocycles. The molecule has 1 aliphatic carbocycles. The van der Waals surface area contributed by atoms with Crippen LogP contribution >= 0.6 is 0 Å². The van der Waals surface area contributed by atoms with Gasteiger partial charge in [-0.15, -0.1) is 0 Å². The summed E-state index contributed by atoms with van der Waals surface area (Å²) in [6, 6.07) is 0.171. The molecule has 3 rings (SSSR count). The van der Waals surface area contributed by atoms with E-state index in [1.54, 1.807) is 13.8 Å². The fourth-order valence-corrected chi connectivity index (χ4v) is 5.71. The molecule has 8 heteroatoms. The van der Waals surface area contributed by atoms with E-state index in [2.05, 4.69) is 19.0 Å². The summed E-state index contributed by atoms with van der Waals surface area (Å²) >= 11 is 0. The van der Waals surface area contributed by atoms with E-state index in [1.165, 1.54) is 4.31 Å². The van der Waals surface area contributed by atoms with E-state index in [4.69, 9.17) is 4.52 Å². The van der Waals surface area contributed by atoms with Crippen LogP contribution in [0.3, 0.4) is 0 Å². The van der Waals surface area contributed by atoms with Gasteiger partial charge in [0.15, 0.2) is 5.76 Å². The van der Waals surface area contributed by atoms with Crippen molar-refractivity contribution in [1.82, 2.24) is 14.4 Å². The standard InChI is InChI=1S/C18H29N3O4S/c1-12-16(13(2)25-19-12)26(23,24)21-10-6-7-15(11-21)17(22)20(5)14(3)18(4)8-9-18/h14-15H,6-11H2,1-5H3. The number of nitrogens with zero attached hydrogens (tertiary/aromatic N) is 3. The lowest BCUT2D eigenvalue weighted by Gasteiger charge is -2.36. The van der Waals surface area contributed by atoms with Gasteiger partial charge in [0.1, 0.15) is 10.6 Å². The highest BCUT2D eigenvalue weighted by Crippen LogP contribution is 2.49. The minimum Gasteiger partial charge on any atom is -0.360 e. The molecular formula is C18H29N3O4S. The zero-order chi connectivity index (χ0) is 19.3. The first-order chi connectivity index (χ1) is 12.1. The minimum atomic E-state index is -3.70. The molecule has 0 N–H and O–H groups in total. The number of carbonyl (C=O) groups is 1. The Balaban J connectivity index is 1.76. The summed E-state index contributed by atoms with van der Waals surface area (Å²) in [7, 11) is -1.86. The number of hydrogen-bond donors (Lipinski definition) is 0. The van der Waals surface area contributed by atoms with Crippen LogP contribution in [0, 0.1) is 25.2 Å². The lowest BCUT2D eigenvalue weighted by atomic mass is 9.94. The lowest BCUT2D eigenvalue weighted by molar-refractivity contribution is -0.138. The second-order valence-electron chi connectivity index (χ2n) is 8.13. The summed E-state index contributed by atoms with van der Waals surface area (Å²) in [6.45, 7) is 8.17. The van der Waals surface area contributed by atoms with Crippen molar-refractivity contribution in [2.45, 2.75) is 64.3 Å². The predicted molar refractivity (Wildman–Crippen MR) is 97.0 cm³/mol. The molecule has 1 aromatic heterocycles. The molecule has 7 nitrogen and oxygen atoms in total. The molecule has 1 saturated carbocycles. The molecule has 0 spiro atoms. The van der Waals surface area contributed by atoms with Gasteiger partial charge in [0.2, 0.25) is 15.9 Å². The Kier molecular flexibility index (Phi) is 4.94. The highest BCUT2D eigenvalue weighted by Gasteiger charge is 2.46. The summed E-state index contributed by atoms with van der Waals surface area (Å²) in [5, 5.41) is 3.76. The third kappa shape index (κ3) is 3.29. The number of aryl methyl sites for hydroxylation is 2. The Morgan fingerprint density at radius 3 is 2.58 bits per heavy atom. The first-order valence-electron chi connectivity index (χ1n) is 9.27. The van der Waals surface area contributed by atoms with Crippen molar-refractivity contribution >= 4 is 15.9 Å². The summed E-state index contributed by atoms with van der Waals surface area (Å²) in [5.41, 5.74) is 0.574. The smallest absolute Gasteiger partial charge is 0.248 e. The molecule has 26 heavy (non-hydrogen) atoms. The van der Waals surface area contributed by atoms with Crippen LogP contribution in [0.2, 0.25) is 0 Å². The molecule has 2 aliphatic rings. The number of sulfonamides is 1. The number of hydrogen-bond acceptors (Lipinski definition) is 5. The SMILES string of the molecule is Cc1noc(C)c1S(=O)(=O)N1CCCC(C(=O)N(C)C(C)C2(C)CC2)C1. The molecule has 2 heterocycles. The molecule has 1 aliphatic heterocycles. The molecule has 2 unspecified atom stereocenters. The monoisotopic (exact) mass is 383 g/mol. The Bertz CT molecular complexity index is 778. The summed E-state index contributed by atoms with van der Waals surface area (Å²) in [4.78, 5) is 14.9. The molecular weight excluding hydrogens is 354 g/mol. The summed E-state index contributed by atoms with van der Waals surface area (Å²) < 4.78 is 32.5. The van der Waals surface area contributed by atoms with Crippen LogP contribution in [0.4, 0.5) is 0 Å². The molecule has 1 saturated heterocycles. The van der Waals surface area contributed by atoms with E-state index in [0.29, 0.717) is 24.4 Å². The normalized spacial score (nSPS) is 24.3. The van der Waals surface area contributed by atoms with Crippen molar-refractivity contribution in [2.75, 3.05) is 20.1 Å². The third-order valence-corrected chi connectivity index (χ3v) is 8.39. The predicted octanol–water partition coefficient (Wildman–Crippen LogP) is 2.34. The van der Waals surface area contributed by atoms with Crippen molar-refractivity contribution in [1.29, 1.82) is 0 Å². The van der Waals surface area contributed by atoms with Gasteiger partial charge in [0.05, 0.1) is 5.92 Å².